The summed E-state index contributed by atoms with van der Waals surface area (Å²) in [6.07, 6.45) is 5.17. The van der Waals surface area contributed by atoms with Crippen LogP contribution in [-0.2, 0) is 5.60 Å². The molecule has 5 nitrogen and oxygen atoms in total. The van der Waals surface area contributed by atoms with E-state index in [2.05, 4.69) is 4.98 Å². The molecular formula is C14H20N2O3. The lowest BCUT2D eigenvalue weighted by molar-refractivity contribution is -0.0312. The number of amides is 1. The van der Waals surface area contributed by atoms with Crippen molar-refractivity contribution in [2.75, 3.05) is 6.54 Å². The Bertz CT molecular complexity index is 438. The van der Waals surface area contributed by atoms with Crippen molar-refractivity contribution in [3.05, 3.63) is 30.1 Å². The summed E-state index contributed by atoms with van der Waals surface area (Å²) < 4.78 is 0. The monoisotopic (exact) mass is 264 g/mol. The predicted molar refractivity (Wildman–Crippen MR) is 70.8 cm³/mol. The van der Waals surface area contributed by atoms with Crippen LogP contribution < -0.4 is 0 Å². The van der Waals surface area contributed by atoms with Crippen molar-refractivity contribution in [2.24, 2.45) is 0 Å². The van der Waals surface area contributed by atoms with Crippen molar-refractivity contribution in [1.29, 1.82) is 0 Å². The lowest BCUT2D eigenvalue weighted by atomic mass is 9.77. The minimum Gasteiger partial charge on any atom is -0.465 e. The van der Waals surface area contributed by atoms with Gasteiger partial charge in [-0.25, -0.2) is 4.79 Å². The fourth-order valence-electron chi connectivity index (χ4n) is 2.96. The largest absolute Gasteiger partial charge is 0.465 e. The zero-order chi connectivity index (χ0) is 13.9. The number of aliphatic hydroxyl groups is 1. The van der Waals surface area contributed by atoms with Crippen molar-refractivity contribution in [2.45, 2.75) is 44.2 Å². The maximum atomic E-state index is 11.2. The van der Waals surface area contributed by atoms with E-state index >= 15 is 0 Å². The van der Waals surface area contributed by atoms with Crippen LogP contribution in [0.2, 0.25) is 0 Å². The van der Waals surface area contributed by atoms with E-state index in [1.54, 1.807) is 24.5 Å². The van der Waals surface area contributed by atoms with Crippen LogP contribution in [0, 0.1) is 0 Å². The Morgan fingerprint density at radius 1 is 1.53 bits per heavy atom. The third kappa shape index (κ3) is 2.87. The van der Waals surface area contributed by atoms with Gasteiger partial charge >= 0.3 is 6.09 Å². The van der Waals surface area contributed by atoms with Gasteiger partial charge in [0.1, 0.15) is 0 Å². The smallest absolute Gasteiger partial charge is 0.407 e. The second-order valence-corrected chi connectivity index (χ2v) is 5.09. The SMILES string of the molecule is CCN(C(=O)O)C1CCCC(O)(c2ccncc2)C1. The van der Waals surface area contributed by atoms with Crippen molar-refractivity contribution in [3.63, 3.8) is 0 Å². The number of hydrogen-bond donors (Lipinski definition) is 2. The summed E-state index contributed by atoms with van der Waals surface area (Å²) in [7, 11) is 0. The first-order chi connectivity index (χ1) is 9.07. The van der Waals surface area contributed by atoms with Crippen LogP contribution in [0.4, 0.5) is 4.79 Å². The van der Waals surface area contributed by atoms with E-state index in [-0.39, 0.29) is 6.04 Å². The Morgan fingerprint density at radius 2 is 2.21 bits per heavy atom. The van der Waals surface area contributed by atoms with Crippen molar-refractivity contribution >= 4 is 6.09 Å². The minimum absolute atomic E-state index is 0.116. The first-order valence-corrected chi connectivity index (χ1v) is 6.69. The Hall–Kier alpha value is -1.62. The van der Waals surface area contributed by atoms with Crippen molar-refractivity contribution in [1.82, 2.24) is 9.88 Å². The van der Waals surface area contributed by atoms with Gasteiger partial charge in [-0.1, -0.05) is 0 Å². The molecule has 0 radical (unpaired) electrons. The highest BCUT2D eigenvalue weighted by Gasteiger charge is 2.38. The van der Waals surface area contributed by atoms with Crippen LogP contribution in [0.1, 0.15) is 38.2 Å². The molecule has 1 saturated carbocycles. The van der Waals surface area contributed by atoms with Gasteiger partial charge in [0.25, 0.3) is 0 Å². The number of nitrogens with zero attached hydrogens (tertiary/aromatic N) is 2. The Labute approximate surface area is 112 Å². The third-order valence-corrected chi connectivity index (χ3v) is 3.95. The van der Waals surface area contributed by atoms with Gasteiger partial charge in [0.2, 0.25) is 0 Å². The molecule has 0 saturated heterocycles. The Balaban J connectivity index is 2.19. The second kappa shape index (κ2) is 5.57. The molecule has 1 aromatic rings. The summed E-state index contributed by atoms with van der Waals surface area (Å²) in [5.74, 6) is 0. The summed E-state index contributed by atoms with van der Waals surface area (Å²) in [6, 6.07) is 3.49. The number of carboxylic acid groups (broad SMARTS) is 1. The fraction of sp³-hybridized carbons (Fsp3) is 0.571. The Morgan fingerprint density at radius 3 is 2.79 bits per heavy atom. The molecule has 0 bridgehead atoms. The number of aromatic nitrogens is 1. The molecule has 5 heteroatoms. The van der Waals surface area contributed by atoms with Gasteiger partial charge in [-0.15, -0.1) is 0 Å². The maximum Gasteiger partial charge on any atom is 0.407 e. The number of rotatable bonds is 3. The average Bonchev–Trinajstić information content (AvgIpc) is 2.40. The first-order valence-electron chi connectivity index (χ1n) is 6.69. The normalized spacial score (nSPS) is 26.9. The molecule has 1 aliphatic rings. The Kier molecular flexibility index (Phi) is 4.04. The van der Waals surface area contributed by atoms with Crippen LogP contribution in [0.25, 0.3) is 0 Å². The van der Waals surface area contributed by atoms with Gasteiger partial charge in [-0.2, -0.15) is 0 Å². The highest BCUT2D eigenvalue weighted by atomic mass is 16.4. The average molecular weight is 264 g/mol. The molecule has 1 amide bonds. The first kappa shape index (κ1) is 13.8. The van der Waals surface area contributed by atoms with E-state index in [1.165, 1.54) is 4.90 Å². The van der Waals surface area contributed by atoms with E-state index in [4.69, 9.17) is 0 Å². The number of pyridine rings is 1. The molecule has 2 N–H and O–H groups in total. The van der Waals surface area contributed by atoms with Gasteiger partial charge < -0.3 is 15.1 Å². The van der Waals surface area contributed by atoms with Crippen LogP contribution >= 0.6 is 0 Å². The molecule has 104 valence electrons. The molecule has 1 aromatic heterocycles. The molecule has 1 heterocycles. The zero-order valence-corrected chi connectivity index (χ0v) is 11.1. The van der Waals surface area contributed by atoms with Gasteiger partial charge in [0, 0.05) is 31.4 Å². The summed E-state index contributed by atoms with van der Waals surface area (Å²) >= 11 is 0. The molecule has 2 atom stereocenters. The van der Waals surface area contributed by atoms with Crippen LogP contribution in [-0.4, -0.2) is 38.8 Å². The quantitative estimate of drug-likeness (QED) is 0.877. The molecule has 0 spiro atoms. The van der Waals surface area contributed by atoms with Crippen LogP contribution in [0.15, 0.2) is 24.5 Å². The maximum absolute atomic E-state index is 11.2. The lowest BCUT2D eigenvalue weighted by Gasteiger charge is -2.40. The van der Waals surface area contributed by atoms with E-state index in [0.717, 1.165) is 18.4 Å². The number of carbonyl (C=O) groups is 1. The van der Waals surface area contributed by atoms with Gasteiger partial charge in [0.15, 0.2) is 0 Å². The summed E-state index contributed by atoms with van der Waals surface area (Å²) in [5, 5.41) is 20.0. The second-order valence-electron chi connectivity index (χ2n) is 5.09. The van der Waals surface area contributed by atoms with Crippen molar-refractivity contribution < 1.29 is 15.0 Å². The zero-order valence-electron chi connectivity index (χ0n) is 11.1. The summed E-state index contributed by atoms with van der Waals surface area (Å²) in [6.45, 7) is 2.28. The van der Waals surface area contributed by atoms with Gasteiger partial charge in [0.05, 0.1) is 5.60 Å². The molecule has 1 aliphatic carbocycles. The number of hydrogen-bond acceptors (Lipinski definition) is 3. The van der Waals surface area contributed by atoms with E-state index < -0.39 is 11.7 Å². The third-order valence-electron chi connectivity index (χ3n) is 3.95. The fourth-order valence-corrected chi connectivity index (χ4v) is 2.96. The van der Waals surface area contributed by atoms with E-state index in [0.29, 0.717) is 19.4 Å². The van der Waals surface area contributed by atoms with Gasteiger partial charge in [-0.3, -0.25) is 4.98 Å². The van der Waals surface area contributed by atoms with Crippen LogP contribution in [0.5, 0.6) is 0 Å². The molecule has 0 aliphatic heterocycles. The molecule has 19 heavy (non-hydrogen) atoms. The van der Waals surface area contributed by atoms with E-state index in [9.17, 15) is 15.0 Å². The molecule has 1 fully saturated rings. The van der Waals surface area contributed by atoms with Crippen LogP contribution in [0.3, 0.4) is 0 Å². The molecular weight excluding hydrogens is 244 g/mol. The standard InChI is InChI=1S/C14H20N2O3/c1-2-16(13(17)18)12-4-3-7-14(19,10-12)11-5-8-15-9-6-11/h5-6,8-9,12,19H,2-4,7,10H2,1H3,(H,17,18). The highest BCUT2D eigenvalue weighted by molar-refractivity contribution is 5.65. The highest BCUT2D eigenvalue weighted by Crippen LogP contribution is 2.38. The topological polar surface area (TPSA) is 73.7 Å². The summed E-state index contributed by atoms with van der Waals surface area (Å²) in [4.78, 5) is 16.6. The predicted octanol–water partition coefficient (Wildman–Crippen LogP) is 2.21. The lowest BCUT2D eigenvalue weighted by Crippen LogP contribution is -2.46. The molecule has 0 aromatic carbocycles. The van der Waals surface area contributed by atoms with E-state index in [1.807, 2.05) is 6.92 Å². The van der Waals surface area contributed by atoms with Gasteiger partial charge in [-0.05, 0) is 43.9 Å². The molecule has 2 unspecified atom stereocenters. The summed E-state index contributed by atoms with van der Waals surface area (Å²) in [5.41, 5.74) is -0.108. The van der Waals surface area contributed by atoms with Crippen molar-refractivity contribution in [3.8, 4) is 0 Å². The molecule has 2 rings (SSSR count). The minimum atomic E-state index is -0.936.